The first kappa shape index (κ1) is 15.7. The zero-order valence-electron chi connectivity index (χ0n) is 12.2. The van der Waals surface area contributed by atoms with E-state index in [1.165, 1.54) is 6.42 Å². The normalized spacial score (nSPS) is 24.0. The van der Waals surface area contributed by atoms with Crippen LogP contribution >= 0.6 is 0 Å². The van der Waals surface area contributed by atoms with Crippen LogP contribution in [0.2, 0.25) is 0 Å². The van der Waals surface area contributed by atoms with E-state index in [0.29, 0.717) is 13.1 Å². The smallest absolute Gasteiger partial charge is 0.321 e. The van der Waals surface area contributed by atoms with Crippen molar-refractivity contribution in [1.29, 1.82) is 5.26 Å². The predicted molar refractivity (Wildman–Crippen MR) is 77.4 cm³/mol. The maximum atomic E-state index is 11.9. The number of hydrogen-bond acceptors (Lipinski definition) is 5. The van der Waals surface area contributed by atoms with Gasteiger partial charge in [-0.1, -0.05) is 19.3 Å². The van der Waals surface area contributed by atoms with Gasteiger partial charge in [0.25, 0.3) is 0 Å². The lowest BCUT2D eigenvalue weighted by Crippen LogP contribution is -2.55. The molecular weight excluding hydrogens is 270 g/mol. The molecule has 116 valence electrons. The molecule has 2 fully saturated rings. The highest BCUT2D eigenvalue weighted by Gasteiger charge is 2.24. The molecule has 21 heavy (non-hydrogen) atoms. The van der Waals surface area contributed by atoms with Crippen molar-refractivity contribution >= 4 is 11.9 Å². The highest BCUT2D eigenvalue weighted by molar-refractivity contribution is 5.95. The molecule has 0 spiro atoms. The second-order valence-electron chi connectivity index (χ2n) is 5.68. The summed E-state index contributed by atoms with van der Waals surface area (Å²) in [4.78, 5) is 25.4. The molecule has 3 N–H and O–H groups in total. The maximum Gasteiger partial charge on any atom is 0.321 e. The Hall–Kier alpha value is -1.65. The molecule has 1 aliphatic heterocycles. The highest BCUT2D eigenvalue weighted by Crippen LogP contribution is 2.17. The zero-order valence-corrected chi connectivity index (χ0v) is 12.2. The minimum atomic E-state index is -0.421. The quantitative estimate of drug-likeness (QED) is 0.677. The van der Waals surface area contributed by atoms with E-state index in [4.69, 9.17) is 5.26 Å². The third kappa shape index (κ3) is 4.99. The largest absolute Gasteiger partial charge is 0.335 e. The lowest BCUT2D eigenvalue weighted by molar-refractivity contribution is -0.121. The van der Waals surface area contributed by atoms with E-state index in [1.807, 2.05) is 0 Å². The SMILES string of the molecule is N#CC1CNCCN1CC(=O)NC(=O)NC1CCCCC1. The van der Waals surface area contributed by atoms with Crippen LogP contribution in [0.5, 0.6) is 0 Å². The minimum Gasteiger partial charge on any atom is -0.335 e. The molecule has 3 amide bonds. The van der Waals surface area contributed by atoms with Crippen LogP contribution in [0.15, 0.2) is 0 Å². The Morgan fingerprint density at radius 2 is 2.05 bits per heavy atom. The van der Waals surface area contributed by atoms with Crippen molar-refractivity contribution in [3.63, 3.8) is 0 Å². The Morgan fingerprint density at radius 1 is 1.29 bits per heavy atom. The van der Waals surface area contributed by atoms with Gasteiger partial charge in [-0.05, 0) is 12.8 Å². The number of nitrogens with zero attached hydrogens (tertiary/aromatic N) is 2. The van der Waals surface area contributed by atoms with Crippen LogP contribution in [0.1, 0.15) is 32.1 Å². The molecule has 0 aromatic rings. The Kier molecular flexibility index (Phi) is 5.96. The molecule has 0 bridgehead atoms. The summed E-state index contributed by atoms with van der Waals surface area (Å²) in [6, 6.07) is 1.60. The molecule has 2 rings (SSSR count). The van der Waals surface area contributed by atoms with E-state index in [0.717, 1.165) is 32.2 Å². The Labute approximate surface area is 125 Å². The van der Waals surface area contributed by atoms with Gasteiger partial charge in [0, 0.05) is 25.7 Å². The topological polar surface area (TPSA) is 97.3 Å². The van der Waals surface area contributed by atoms with Gasteiger partial charge in [0.15, 0.2) is 0 Å². The van der Waals surface area contributed by atoms with Gasteiger partial charge in [0.05, 0.1) is 12.6 Å². The number of carbonyl (C=O) groups is 2. The number of imide groups is 1. The van der Waals surface area contributed by atoms with Crippen molar-refractivity contribution in [3.05, 3.63) is 0 Å². The number of carbonyl (C=O) groups excluding carboxylic acids is 2. The number of nitriles is 1. The van der Waals surface area contributed by atoms with Gasteiger partial charge >= 0.3 is 6.03 Å². The molecule has 1 atom stereocenters. The summed E-state index contributed by atoms with van der Waals surface area (Å²) in [5.41, 5.74) is 0. The first-order valence-electron chi connectivity index (χ1n) is 7.64. The molecule has 1 heterocycles. The number of urea groups is 1. The van der Waals surface area contributed by atoms with Gasteiger partial charge in [0.2, 0.25) is 5.91 Å². The van der Waals surface area contributed by atoms with E-state index in [2.05, 4.69) is 22.0 Å². The van der Waals surface area contributed by atoms with Crippen LogP contribution in [0.4, 0.5) is 4.79 Å². The van der Waals surface area contributed by atoms with Gasteiger partial charge < -0.3 is 10.6 Å². The van der Waals surface area contributed by atoms with Gasteiger partial charge in [-0.3, -0.25) is 15.0 Å². The summed E-state index contributed by atoms with van der Waals surface area (Å²) >= 11 is 0. The van der Waals surface area contributed by atoms with Gasteiger partial charge in [-0.15, -0.1) is 0 Å². The first-order valence-corrected chi connectivity index (χ1v) is 7.64. The summed E-state index contributed by atoms with van der Waals surface area (Å²) in [5, 5.41) is 17.3. The van der Waals surface area contributed by atoms with Crippen LogP contribution < -0.4 is 16.0 Å². The predicted octanol–water partition coefficient (Wildman–Crippen LogP) is -0.0577. The average Bonchev–Trinajstić information content (AvgIpc) is 2.48. The Morgan fingerprint density at radius 3 is 2.76 bits per heavy atom. The third-order valence-corrected chi connectivity index (χ3v) is 4.04. The standard InChI is InChI=1S/C14H23N5O2/c15-8-12-9-16-6-7-19(12)10-13(20)18-14(21)17-11-4-2-1-3-5-11/h11-12,16H,1-7,9-10H2,(H2,17,18,20,21). The summed E-state index contributed by atoms with van der Waals surface area (Å²) in [6.07, 6.45) is 5.44. The van der Waals surface area contributed by atoms with E-state index in [1.54, 1.807) is 4.90 Å². The van der Waals surface area contributed by atoms with E-state index < -0.39 is 6.03 Å². The fourth-order valence-corrected chi connectivity index (χ4v) is 2.88. The number of piperazine rings is 1. The summed E-state index contributed by atoms with van der Waals surface area (Å²) in [5.74, 6) is -0.356. The average molecular weight is 293 g/mol. The molecule has 7 heteroatoms. The maximum absolute atomic E-state index is 11.9. The molecule has 7 nitrogen and oxygen atoms in total. The van der Waals surface area contributed by atoms with Gasteiger partial charge in [-0.2, -0.15) is 5.26 Å². The van der Waals surface area contributed by atoms with Crippen LogP contribution in [0, 0.1) is 11.3 Å². The molecule has 1 unspecified atom stereocenters. The van der Waals surface area contributed by atoms with Crippen molar-refractivity contribution in [2.75, 3.05) is 26.2 Å². The van der Waals surface area contributed by atoms with Crippen molar-refractivity contribution in [2.24, 2.45) is 0 Å². The van der Waals surface area contributed by atoms with E-state index in [-0.39, 0.29) is 24.5 Å². The lowest BCUT2D eigenvalue weighted by Gasteiger charge is -2.31. The third-order valence-electron chi connectivity index (χ3n) is 4.04. The molecule has 0 radical (unpaired) electrons. The van der Waals surface area contributed by atoms with E-state index in [9.17, 15) is 9.59 Å². The summed E-state index contributed by atoms with van der Waals surface area (Å²) in [6.45, 7) is 2.02. The number of hydrogen-bond donors (Lipinski definition) is 3. The Bertz CT molecular complexity index is 414. The Balaban J connectivity index is 1.73. The highest BCUT2D eigenvalue weighted by atomic mass is 16.2. The van der Waals surface area contributed by atoms with Crippen LogP contribution in [0.25, 0.3) is 0 Å². The molecule has 1 saturated carbocycles. The van der Waals surface area contributed by atoms with E-state index >= 15 is 0 Å². The van der Waals surface area contributed by atoms with Crippen LogP contribution in [-0.4, -0.2) is 55.1 Å². The fourth-order valence-electron chi connectivity index (χ4n) is 2.88. The number of rotatable bonds is 3. The lowest BCUT2D eigenvalue weighted by atomic mass is 9.96. The summed E-state index contributed by atoms with van der Waals surface area (Å²) < 4.78 is 0. The van der Waals surface area contributed by atoms with Crippen molar-refractivity contribution in [1.82, 2.24) is 20.9 Å². The molecule has 0 aromatic heterocycles. The van der Waals surface area contributed by atoms with Crippen LogP contribution in [-0.2, 0) is 4.79 Å². The fraction of sp³-hybridized carbons (Fsp3) is 0.786. The van der Waals surface area contributed by atoms with Crippen molar-refractivity contribution in [3.8, 4) is 6.07 Å². The molecular formula is C14H23N5O2. The van der Waals surface area contributed by atoms with Gasteiger partial charge in [-0.25, -0.2) is 4.79 Å². The second-order valence-corrected chi connectivity index (χ2v) is 5.68. The van der Waals surface area contributed by atoms with Crippen molar-refractivity contribution < 1.29 is 9.59 Å². The second kappa shape index (κ2) is 7.96. The minimum absolute atomic E-state index is 0.0813. The summed E-state index contributed by atoms with van der Waals surface area (Å²) in [7, 11) is 0. The molecule has 0 aromatic carbocycles. The first-order chi connectivity index (χ1) is 10.2. The molecule has 1 saturated heterocycles. The molecule has 2 aliphatic rings. The monoisotopic (exact) mass is 293 g/mol. The number of nitrogens with one attached hydrogen (secondary N) is 3. The molecule has 1 aliphatic carbocycles. The zero-order chi connectivity index (χ0) is 15.1. The number of amides is 3. The van der Waals surface area contributed by atoms with Crippen molar-refractivity contribution in [2.45, 2.75) is 44.2 Å². The van der Waals surface area contributed by atoms with Gasteiger partial charge in [0.1, 0.15) is 6.04 Å². The van der Waals surface area contributed by atoms with Crippen LogP contribution in [0.3, 0.4) is 0 Å².